The predicted molar refractivity (Wildman–Crippen MR) is 64.8 cm³/mol. The molecule has 2 unspecified atom stereocenters. The van der Waals surface area contributed by atoms with Gasteiger partial charge in [-0.15, -0.1) is 12.4 Å². The van der Waals surface area contributed by atoms with Crippen molar-refractivity contribution in [3.63, 3.8) is 0 Å². The molecule has 2 rings (SSSR count). The third kappa shape index (κ3) is 1.96. The lowest BCUT2D eigenvalue weighted by molar-refractivity contribution is -0.128. The fraction of sp³-hybridized carbons (Fsp3) is 0.364. The molecule has 3 nitrogen and oxygen atoms in total. The fourth-order valence-corrected chi connectivity index (χ4v) is 2.31. The Morgan fingerprint density at radius 1 is 1.44 bits per heavy atom. The Morgan fingerprint density at radius 3 is 2.56 bits per heavy atom. The van der Waals surface area contributed by atoms with Crippen LogP contribution in [0.25, 0.3) is 0 Å². The maximum Gasteiger partial charge on any atom is 0.185 e. The van der Waals surface area contributed by atoms with Crippen molar-refractivity contribution in [3.8, 4) is 0 Å². The summed E-state index contributed by atoms with van der Waals surface area (Å²) in [5.74, 6) is -0.337. The predicted octanol–water partition coefficient (Wildman–Crippen LogP) is 1.64. The van der Waals surface area contributed by atoms with E-state index >= 15 is 0 Å². The van der Waals surface area contributed by atoms with Gasteiger partial charge in [-0.3, -0.25) is 4.79 Å². The number of carbonyl (C=O) groups excluding carboxylic acids is 1. The highest BCUT2D eigenvalue weighted by Crippen LogP contribution is 2.36. The van der Waals surface area contributed by atoms with Crippen LogP contribution >= 0.6 is 24.0 Å². The summed E-state index contributed by atoms with van der Waals surface area (Å²) in [6.45, 7) is 0. The summed E-state index contributed by atoms with van der Waals surface area (Å²) >= 11 is 5.99. The summed E-state index contributed by atoms with van der Waals surface area (Å²) in [5, 5.41) is 9.89. The molecule has 0 amide bonds. The Balaban J connectivity index is 0.00000128. The van der Waals surface area contributed by atoms with Gasteiger partial charge in [-0.1, -0.05) is 29.8 Å². The lowest BCUT2D eigenvalue weighted by Gasteiger charge is -2.23. The molecule has 1 aromatic carbocycles. The Kier molecular flexibility index (Phi) is 3.97. The number of nitrogens with two attached hydrogens (primary N) is 1. The first kappa shape index (κ1) is 13.5. The number of hydrogen-bond donors (Lipinski definition) is 2. The minimum Gasteiger partial charge on any atom is -0.385 e. The highest BCUT2D eigenvalue weighted by atomic mass is 35.5. The smallest absolute Gasteiger partial charge is 0.185 e. The summed E-state index contributed by atoms with van der Waals surface area (Å²) < 4.78 is 0. The molecule has 3 N–H and O–H groups in total. The van der Waals surface area contributed by atoms with Crippen molar-refractivity contribution in [2.24, 2.45) is 5.73 Å². The molecule has 1 saturated carbocycles. The van der Waals surface area contributed by atoms with E-state index in [1.54, 1.807) is 24.3 Å². The van der Waals surface area contributed by atoms with E-state index in [1.807, 2.05) is 0 Å². The van der Waals surface area contributed by atoms with Crippen LogP contribution in [-0.4, -0.2) is 17.0 Å². The third-order valence-corrected chi connectivity index (χ3v) is 3.24. The van der Waals surface area contributed by atoms with E-state index in [1.165, 1.54) is 0 Å². The van der Waals surface area contributed by atoms with Crippen LogP contribution in [0, 0.1) is 0 Å². The van der Waals surface area contributed by atoms with E-state index in [0.29, 0.717) is 23.4 Å². The van der Waals surface area contributed by atoms with Gasteiger partial charge in [0.05, 0.1) is 0 Å². The number of hydrogen-bond acceptors (Lipinski definition) is 3. The number of halogens is 2. The molecule has 0 saturated heterocycles. The van der Waals surface area contributed by atoms with Gasteiger partial charge in [0.15, 0.2) is 5.78 Å². The molecule has 5 heteroatoms. The number of rotatable bonds is 1. The Morgan fingerprint density at radius 2 is 2.06 bits per heavy atom. The standard InChI is InChI=1S/C11H12ClNO2.ClH/c12-8-4-2-1-3-7(8)11(13)6-5-9(14)10(11)15;/h1-4,9,14H,5-6,13H2;1H. The molecule has 88 valence electrons. The number of ketones is 1. The Labute approximate surface area is 105 Å². The fourth-order valence-electron chi connectivity index (χ4n) is 2.01. The van der Waals surface area contributed by atoms with Crippen LogP contribution < -0.4 is 5.73 Å². The Hall–Kier alpha value is -0.610. The molecular weight excluding hydrogens is 249 g/mol. The van der Waals surface area contributed by atoms with Crippen molar-refractivity contribution >= 4 is 29.8 Å². The van der Waals surface area contributed by atoms with Crippen molar-refractivity contribution < 1.29 is 9.90 Å². The summed E-state index contributed by atoms with van der Waals surface area (Å²) in [6, 6.07) is 7.00. The molecule has 1 aliphatic carbocycles. The van der Waals surface area contributed by atoms with Gasteiger partial charge in [0.1, 0.15) is 11.6 Å². The van der Waals surface area contributed by atoms with E-state index < -0.39 is 11.6 Å². The van der Waals surface area contributed by atoms with Crippen molar-refractivity contribution in [2.45, 2.75) is 24.5 Å². The zero-order valence-electron chi connectivity index (χ0n) is 8.52. The second kappa shape index (κ2) is 4.72. The first-order valence-corrected chi connectivity index (χ1v) is 5.20. The average Bonchev–Trinajstić information content (AvgIpc) is 2.48. The molecule has 0 aromatic heterocycles. The number of benzene rings is 1. The molecule has 0 spiro atoms. The van der Waals surface area contributed by atoms with Gasteiger partial charge < -0.3 is 10.8 Å². The Bertz CT molecular complexity index is 411. The van der Waals surface area contributed by atoms with E-state index in [0.717, 1.165) is 0 Å². The molecule has 0 bridgehead atoms. The first-order chi connectivity index (χ1) is 7.05. The lowest BCUT2D eigenvalue weighted by Crippen LogP contribution is -2.43. The summed E-state index contributed by atoms with van der Waals surface area (Å²) in [7, 11) is 0. The normalized spacial score (nSPS) is 28.9. The molecule has 1 aromatic rings. The maximum absolute atomic E-state index is 11.7. The molecule has 1 fully saturated rings. The van der Waals surface area contributed by atoms with E-state index in [-0.39, 0.29) is 18.2 Å². The van der Waals surface area contributed by atoms with Gasteiger partial charge >= 0.3 is 0 Å². The van der Waals surface area contributed by atoms with Crippen molar-refractivity contribution in [1.29, 1.82) is 0 Å². The zero-order valence-corrected chi connectivity index (χ0v) is 10.1. The van der Waals surface area contributed by atoms with Gasteiger partial charge in [-0.2, -0.15) is 0 Å². The van der Waals surface area contributed by atoms with Gasteiger partial charge in [-0.05, 0) is 24.5 Å². The highest BCUT2D eigenvalue weighted by Gasteiger charge is 2.46. The molecule has 16 heavy (non-hydrogen) atoms. The molecule has 0 heterocycles. The number of Topliss-reactive ketones (excluding diaryl/α,β-unsaturated/α-hetero) is 1. The van der Waals surface area contributed by atoms with Gasteiger partial charge in [0.2, 0.25) is 0 Å². The van der Waals surface area contributed by atoms with Gasteiger partial charge in [0, 0.05) is 5.02 Å². The average molecular weight is 262 g/mol. The molecule has 0 radical (unpaired) electrons. The number of aliphatic hydroxyl groups excluding tert-OH is 1. The second-order valence-corrected chi connectivity index (χ2v) is 4.28. The van der Waals surface area contributed by atoms with Gasteiger partial charge in [-0.25, -0.2) is 0 Å². The van der Waals surface area contributed by atoms with E-state index in [2.05, 4.69) is 0 Å². The first-order valence-electron chi connectivity index (χ1n) is 4.82. The van der Waals surface area contributed by atoms with Crippen molar-refractivity contribution in [3.05, 3.63) is 34.9 Å². The number of aliphatic hydroxyl groups is 1. The topological polar surface area (TPSA) is 63.3 Å². The van der Waals surface area contributed by atoms with Crippen LogP contribution in [0.2, 0.25) is 5.02 Å². The largest absolute Gasteiger partial charge is 0.385 e. The third-order valence-electron chi connectivity index (χ3n) is 2.91. The molecule has 0 aliphatic heterocycles. The minimum absolute atomic E-state index is 0. The minimum atomic E-state index is -1.11. The summed E-state index contributed by atoms with van der Waals surface area (Å²) in [5.41, 5.74) is 5.51. The van der Waals surface area contributed by atoms with Gasteiger partial charge in [0.25, 0.3) is 0 Å². The SMILES string of the molecule is Cl.NC1(c2ccccc2Cl)CCC(O)C1=O. The van der Waals surface area contributed by atoms with Crippen LogP contribution in [-0.2, 0) is 10.3 Å². The van der Waals surface area contributed by atoms with Crippen molar-refractivity contribution in [1.82, 2.24) is 0 Å². The monoisotopic (exact) mass is 261 g/mol. The maximum atomic E-state index is 11.7. The molecule has 2 atom stereocenters. The summed E-state index contributed by atoms with van der Waals surface area (Å²) in [6.07, 6.45) is -0.108. The van der Waals surface area contributed by atoms with Crippen LogP contribution in [0.4, 0.5) is 0 Å². The van der Waals surface area contributed by atoms with Crippen LogP contribution in [0.3, 0.4) is 0 Å². The quantitative estimate of drug-likeness (QED) is 0.808. The molecular formula is C11H13Cl2NO2. The summed E-state index contributed by atoms with van der Waals surface area (Å²) in [4.78, 5) is 11.7. The van der Waals surface area contributed by atoms with Crippen LogP contribution in [0.1, 0.15) is 18.4 Å². The highest BCUT2D eigenvalue weighted by molar-refractivity contribution is 6.31. The van der Waals surface area contributed by atoms with E-state index in [4.69, 9.17) is 17.3 Å². The zero-order chi connectivity index (χ0) is 11.1. The lowest BCUT2D eigenvalue weighted by atomic mass is 9.88. The van der Waals surface area contributed by atoms with Crippen LogP contribution in [0.5, 0.6) is 0 Å². The van der Waals surface area contributed by atoms with Crippen molar-refractivity contribution in [2.75, 3.05) is 0 Å². The second-order valence-electron chi connectivity index (χ2n) is 3.87. The van der Waals surface area contributed by atoms with E-state index in [9.17, 15) is 9.90 Å². The number of carbonyl (C=O) groups is 1. The molecule has 1 aliphatic rings. The van der Waals surface area contributed by atoms with Crippen LogP contribution in [0.15, 0.2) is 24.3 Å².